The largest absolute Gasteiger partial charge is 0.497 e. The van der Waals surface area contributed by atoms with Gasteiger partial charge < -0.3 is 19.1 Å². The highest BCUT2D eigenvalue weighted by Gasteiger charge is 2.30. The molecule has 32 heavy (non-hydrogen) atoms. The standard InChI is InChI=1S/C23H27N5O2S2/c1-30-19-8-6-17(7-9-19)26-10-12-27(13-11-26)22(29)16-32-23-25-24-21(28(23)18-4-5-18)15-20-3-2-14-31-20/h2-3,6-9,14,18H,4-5,10-13,15-16H2,1H3. The molecular formula is C23H27N5O2S2. The van der Waals surface area contributed by atoms with E-state index in [9.17, 15) is 4.79 Å². The van der Waals surface area contributed by atoms with Gasteiger partial charge in [0.25, 0.3) is 0 Å². The van der Waals surface area contributed by atoms with Gasteiger partial charge in [0.15, 0.2) is 5.16 Å². The van der Waals surface area contributed by atoms with Gasteiger partial charge in [0.05, 0.1) is 12.9 Å². The molecule has 3 heterocycles. The van der Waals surface area contributed by atoms with Crippen LogP contribution in [0.2, 0.25) is 0 Å². The zero-order valence-electron chi connectivity index (χ0n) is 18.1. The highest BCUT2D eigenvalue weighted by molar-refractivity contribution is 7.99. The Kier molecular flexibility index (Phi) is 6.36. The third-order valence-electron chi connectivity index (χ3n) is 5.95. The predicted octanol–water partition coefficient (Wildman–Crippen LogP) is 3.71. The van der Waals surface area contributed by atoms with Gasteiger partial charge in [-0.25, -0.2) is 0 Å². The molecule has 2 aliphatic rings. The molecular weight excluding hydrogens is 442 g/mol. The van der Waals surface area contributed by atoms with E-state index in [0.717, 1.165) is 49.3 Å². The Morgan fingerprint density at radius 1 is 1.12 bits per heavy atom. The van der Waals surface area contributed by atoms with Gasteiger partial charge in [0.1, 0.15) is 11.6 Å². The van der Waals surface area contributed by atoms with Gasteiger partial charge in [-0.15, -0.1) is 21.5 Å². The molecule has 9 heteroatoms. The van der Waals surface area contributed by atoms with E-state index in [1.165, 1.54) is 35.2 Å². The Balaban J connectivity index is 1.15. The molecule has 1 aliphatic heterocycles. The van der Waals surface area contributed by atoms with Crippen LogP contribution >= 0.6 is 23.1 Å². The average Bonchev–Trinajstić information content (AvgIpc) is 3.39. The molecule has 0 bridgehead atoms. The molecule has 5 rings (SSSR count). The number of carbonyl (C=O) groups is 1. The smallest absolute Gasteiger partial charge is 0.233 e. The lowest BCUT2D eigenvalue weighted by Gasteiger charge is -2.36. The number of thioether (sulfide) groups is 1. The number of amides is 1. The third-order valence-corrected chi connectivity index (χ3v) is 7.76. The van der Waals surface area contributed by atoms with Crippen LogP contribution in [0.5, 0.6) is 5.75 Å². The van der Waals surface area contributed by atoms with Crippen molar-refractivity contribution in [2.75, 3.05) is 43.9 Å². The lowest BCUT2D eigenvalue weighted by atomic mass is 10.2. The first-order chi connectivity index (χ1) is 15.7. The molecule has 2 fully saturated rings. The Morgan fingerprint density at radius 2 is 1.91 bits per heavy atom. The number of thiophene rings is 1. The van der Waals surface area contributed by atoms with Crippen molar-refractivity contribution < 1.29 is 9.53 Å². The van der Waals surface area contributed by atoms with E-state index < -0.39 is 0 Å². The van der Waals surface area contributed by atoms with Crippen LogP contribution in [0.15, 0.2) is 46.9 Å². The van der Waals surface area contributed by atoms with Gasteiger partial charge in [-0.1, -0.05) is 17.8 Å². The molecule has 1 saturated heterocycles. The van der Waals surface area contributed by atoms with Crippen molar-refractivity contribution in [3.8, 4) is 5.75 Å². The van der Waals surface area contributed by atoms with E-state index in [4.69, 9.17) is 4.74 Å². The van der Waals surface area contributed by atoms with Crippen molar-refractivity contribution in [2.24, 2.45) is 0 Å². The van der Waals surface area contributed by atoms with Gasteiger partial charge in [-0.3, -0.25) is 4.79 Å². The van der Waals surface area contributed by atoms with E-state index in [1.54, 1.807) is 18.4 Å². The molecule has 0 radical (unpaired) electrons. The fraction of sp³-hybridized carbons (Fsp3) is 0.435. The highest BCUT2D eigenvalue weighted by Crippen LogP contribution is 2.39. The van der Waals surface area contributed by atoms with E-state index in [0.29, 0.717) is 11.8 Å². The number of benzene rings is 1. The fourth-order valence-electron chi connectivity index (χ4n) is 4.02. The minimum atomic E-state index is 0.175. The molecule has 0 unspecified atom stereocenters. The Hall–Kier alpha value is -2.52. The zero-order chi connectivity index (χ0) is 21.9. The van der Waals surface area contributed by atoms with Crippen molar-refractivity contribution >= 4 is 34.7 Å². The van der Waals surface area contributed by atoms with Gasteiger partial charge in [0, 0.05) is 49.2 Å². The number of methoxy groups -OCH3 is 1. The number of anilines is 1. The molecule has 0 atom stereocenters. The number of aromatic nitrogens is 3. The summed E-state index contributed by atoms with van der Waals surface area (Å²) < 4.78 is 7.50. The van der Waals surface area contributed by atoms with Gasteiger partial charge in [-0.05, 0) is 48.6 Å². The first kappa shape index (κ1) is 21.3. The van der Waals surface area contributed by atoms with Gasteiger partial charge >= 0.3 is 0 Å². The fourth-order valence-corrected chi connectivity index (χ4v) is 5.65. The maximum Gasteiger partial charge on any atom is 0.233 e. The molecule has 1 saturated carbocycles. The van der Waals surface area contributed by atoms with E-state index >= 15 is 0 Å². The van der Waals surface area contributed by atoms with Crippen molar-refractivity contribution in [1.82, 2.24) is 19.7 Å². The molecule has 2 aromatic heterocycles. The Morgan fingerprint density at radius 3 is 2.56 bits per heavy atom. The number of rotatable bonds is 8. The number of ether oxygens (including phenoxy) is 1. The number of piperazine rings is 1. The van der Waals surface area contributed by atoms with Gasteiger partial charge in [-0.2, -0.15) is 0 Å². The number of nitrogens with zero attached hydrogens (tertiary/aromatic N) is 5. The minimum absolute atomic E-state index is 0.175. The Labute approximate surface area is 196 Å². The van der Waals surface area contributed by atoms with E-state index in [-0.39, 0.29) is 5.91 Å². The maximum atomic E-state index is 12.9. The van der Waals surface area contributed by atoms with Crippen molar-refractivity contribution in [3.05, 3.63) is 52.5 Å². The van der Waals surface area contributed by atoms with E-state index in [1.807, 2.05) is 17.0 Å². The first-order valence-electron chi connectivity index (χ1n) is 11.0. The van der Waals surface area contributed by atoms with Crippen LogP contribution in [0.3, 0.4) is 0 Å². The number of hydrogen-bond donors (Lipinski definition) is 0. The van der Waals surface area contributed by atoms with E-state index in [2.05, 4.69) is 49.3 Å². The van der Waals surface area contributed by atoms with Crippen LogP contribution in [0.1, 0.15) is 29.6 Å². The summed E-state index contributed by atoms with van der Waals surface area (Å²) in [5.41, 5.74) is 1.17. The second-order valence-corrected chi connectivity index (χ2v) is 10.1. The summed E-state index contributed by atoms with van der Waals surface area (Å²) in [4.78, 5) is 18.5. The zero-order valence-corrected chi connectivity index (χ0v) is 19.8. The summed E-state index contributed by atoms with van der Waals surface area (Å²) in [7, 11) is 1.68. The summed E-state index contributed by atoms with van der Waals surface area (Å²) in [6.45, 7) is 3.16. The summed E-state index contributed by atoms with van der Waals surface area (Å²) >= 11 is 3.27. The predicted molar refractivity (Wildman–Crippen MR) is 128 cm³/mol. The molecule has 1 amide bonds. The first-order valence-corrected chi connectivity index (χ1v) is 12.8. The third kappa shape index (κ3) is 4.78. The van der Waals surface area contributed by atoms with Crippen molar-refractivity contribution in [3.63, 3.8) is 0 Å². The van der Waals surface area contributed by atoms with Crippen molar-refractivity contribution in [2.45, 2.75) is 30.5 Å². The second-order valence-electron chi connectivity index (χ2n) is 8.11. The second kappa shape index (κ2) is 9.54. The molecule has 0 N–H and O–H groups in total. The molecule has 1 aromatic carbocycles. The molecule has 1 aliphatic carbocycles. The van der Waals surface area contributed by atoms with Crippen LogP contribution in [0, 0.1) is 0 Å². The van der Waals surface area contributed by atoms with Crippen LogP contribution < -0.4 is 9.64 Å². The molecule has 168 valence electrons. The number of carbonyl (C=O) groups excluding carboxylic acids is 1. The van der Waals surface area contributed by atoms with Crippen LogP contribution in [0.4, 0.5) is 5.69 Å². The van der Waals surface area contributed by atoms with Crippen molar-refractivity contribution in [1.29, 1.82) is 0 Å². The number of hydrogen-bond acceptors (Lipinski definition) is 7. The highest BCUT2D eigenvalue weighted by atomic mass is 32.2. The summed E-state index contributed by atoms with van der Waals surface area (Å²) in [6.07, 6.45) is 3.15. The molecule has 0 spiro atoms. The SMILES string of the molecule is COc1ccc(N2CCN(C(=O)CSc3nnc(Cc4cccs4)n3C3CC3)CC2)cc1. The lowest BCUT2D eigenvalue weighted by Crippen LogP contribution is -2.49. The Bertz CT molecular complexity index is 1040. The summed E-state index contributed by atoms with van der Waals surface area (Å²) in [5.74, 6) is 2.46. The lowest BCUT2D eigenvalue weighted by molar-refractivity contribution is -0.128. The van der Waals surface area contributed by atoms with Crippen LogP contribution in [0.25, 0.3) is 0 Å². The quantitative estimate of drug-likeness (QED) is 0.469. The normalized spacial score (nSPS) is 16.4. The summed E-state index contributed by atoms with van der Waals surface area (Å²) in [5, 5.41) is 11.9. The topological polar surface area (TPSA) is 63.5 Å². The molecule has 7 nitrogen and oxygen atoms in total. The van der Waals surface area contributed by atoms with Crippen LogP contribution in [-0.2, 0) is 11.2 Å². The maximum absolute atomic E-state index is 12.9. The summed E-state index contributed by atoms with van der Waals surface area (Å²) in [6, 6.07) is 12.8. The molecule has 3 aromatic rings. The van der Waals surface area contributed by atoms with Crippen LogP contribution in [-0.4, -0.2) is 64.6 Å². The monoisotopic (exact) mass is 469 g/mol. The minimum Gasteiger partial charge on any atom is -0.497 e. The van der Waals surface area contributed by atoms with Gasteiger partial charge in [0.2, 0.25) is 5.91 Å². The average molecular weight is 470 g/mol.